The monoisotopic (exact) mass is 192 g/mol. The third kappa shape index (κ3) is 1.80. The van der Waals surface area contributed by atoms with Gasteiger partial charge in [0.15, 0.2) is 0 Å². The molecule has 0 saturated heterocycles. The van der Waals surface area contributed by atoms with E-state index in [1.54, 1.807) is 0 Å². The summed E-state index contributed by atoms with van der Waals surface area (Å²) in [6.45, 7) is 0. The largest absolute Gasteiger partial charge is 0.480 e. The summed E-state index contributed by atoms with van der Waals surface area (Å²) in [6.07, 6.45) is 1.32. The predicted octanol–water partition coefficient (Wildman–Crippen LogP) is 0.748. The van der Waals surface area contributed by atoms with Crippen molar-refractivity contribution in [1.29, 1.82) is 5.26 Å². The minimum Gasteiger partial charge on any atom is -0.480 e. The van der Waals surface area contributed by atoms with Crippen LogP contribution >= 0.6 is 0 Å². The second kappa shape index (κ2) is 4.23. The predicted molar refractivity (Wildman–Crippen MR) is 46.8 cm³/mol. The third-order valence-corrected chi connectivity index (χ3v) is 1.58. The van der Waals surface area contributed by atoms with Gasteiger partial charge in [-0.25, -0.2) is 9.78 Å². The van der Waals surface area contributed by atoms with Gasteiger partial charge in [-0.2, -0.15) is 5.26 Å². The van der Waals surface area contributed by atoms with E-state index in [-0.39, 0.29) is 17.0 Å². The van der Waals surface area contributed by atoms with E-state index < -0.39 is 5.97 Å². The molecule has 14 heavy (non-hydrogen) atoms. The molecule has 0 aliphatic carbocycles. The molecule has 0 atom stereocenters. The number of nitrogens with zero attached hydrogens (tertiary/aromatic N) is 2. The summed E-state index contributed by atoms with van der Waals surface area (Å²) in [5.41, 5.74) is 0.431. The van der Waals surface area contributed by atoms with Gasteiger partial charge >= 0.3 is 5.97 Å². The van der Waals surface area contributed by atoms with Crippen molar-refractivity contribution in [3.8, 4) is 11.9 Å². The lowest BCUT2D eigenvalue weighted by Crippen LogP contribution is -2.05. The Morgan fingerprint density at radius 2 is 2.29 bits per heavy atom. The molecule has 0 amide bonds. The van der Waals surface area contributed by atoms with Crippen molar-refractivity contribution in [2.45, 2.75) is 0 Å². The number of esters is 1. The Hall–Kier alpha value is -2.09. The molecule has 5 heteroatoms. The molecule has 0 saturated carbocycles. The molecule has 1 rings (SSSR count). The molecule has 1 heterocycles. The Morgan fingerprint density at radius 1 is 1.57 bits per heavy atom. The van der Waals surface area contributed by atoms with Crippen LogP contribution in [-0.4, -0.2) is 25.2 Å². The third-order valence-electron chi connectivity index (χ3n) is 1.58. The first kappa shape index (κ1) is 9.99. The minimum atomic E-state index is -0.577. The summed E-state index contributed by atoms with van der Waals surface area (Å²) in [4.78, 5) is 15.0. The first-order valence-electron chi connectivity index (χ1n) is 3.75. The first-order valence-corrected chi connectivity index (χ1v) is 3.75. The standard InChI is InChI=1S/C9H8N2O3/c1-13-8-7(9(12)14-2)3-6(4-10)5-11-8/h3,5H,1-2H3. The highest BCUT2D eigenvalue weighted by atomic mass is 16.5. The molecule has 0 spiro atoms. The summed E-state index contributed by atoms with van der Waals surface area (Å²) in [7, 11) is 2.64. The van der Waals surface area contributed by atoms with Crippen molar-refractivity contribution in [1.82, 2.24) is 4.98 Å². The van der Waals surface area contributed by atoms with Gasteiger partial charge in [-0.05, 0) is 6.07 Å². The molecule has 0 fully saturated rings. The molecule has 1 aromatic rings. The van der Waals surface area contributed by atoms with Crippen molar-refractivity contribution < 1.29 is 14.3 Å². The maximum atomic E-state index is 11.2. The number of hydrogen-bond donors (Lipinski definition) is 0. The molecule has 0 aliphatic rings. The number of carbonyl (C=O) groups is 1. The number of hydrogen-bond acceptors (Lipinski definition) is 5. The van der Waals surface area contributed by atoms with E-state index in [2.05, 4.69) is 9.72 Å². The van der Waals surface area contributed by atoms with E-state index >= 15 is 0 Å². The van der Waals surface area contributed by atoms with Gasteiger partial charge in [0.05, 0.1) is 19.8 Å². The molecule has 0 aliphatic heterocycles. The molecular weight excluding hydrogens is 184 g/mol. The van der Waals surface area contributed by atoms with Gasteiger partial charge < -0.3 is 9.47 Å². The summed E-state index contributed by atoms with van der Waals surface area (Å²) in [5.74, 6) is -0.428. The average molecular weight is 192 g/mol. The molecular formula is C9H8N2O3. The smallest absolute Gasteiger partial charge is 0.343 e. The van der Waals surface area contributed by atoms with Gasteiger partial charge in [0.25, 0.3) is 0 Å². The molecule has 0 aromatic carbocycles. The van der Waals surface area contributed by atoms with Crippen molar-refractivity contribution in [3.63, 3.8) is 0 Å². The van der Waals surface area contributed by atoms with Crippen LogP contribution in [0.1, 0.15) is 15.9 Å². The molecule has 0 bridgehead atoms. The maximum Gasteiger partial charge on any atom is 0.343 e. The van der Waals surface area contributed by atoms with Crippen molar-refractivity contribution >= 4 is 5.97 Å². The molecule has 0 N–H and O–H groups in total. The van der Waals surface area contributed by atoms with Crippen LogP contribution in [0.15, 0.2) is 12.3 Å². The quantitative estimate of drug-likeness (QED) is 0.646. The van der Waals surface area contributed by atoms with E-state index in [9.17, 15) is 4.79 Å². The summed E-state index contributed by atoms with van der Waals surface area (Å²) in [5, 5.41) is 8.60. The molecule has 0 unspecified atom stereocenters. The Kier molecular flexibility index (Phi) is 3.02. The lowest BCUT2D eigenvalue weighted by Gasteiger charge is -2.04. The van der Waals surface area contributed by atoms with Gasteiger partial charge in [-0.15, -0.1) is 0 Å². The summed E-state index contributed by atoms with van der Waals surface area (Å²) in [6, 6.07) is 3.24. The average Bonchev–Trinajstić information content (AvgIpc) is 2.27. The van der Waals surface area contributed by atoms with Gasteiger partial charge in [0.2, 0.25) is 5.88 Å². The van der Waals surface area contributed by atoms with Gasteiger partial charge in [0.1, 0.15) is 11.6 Å². The van der Waals surface area contributed by atoms with Crippen molar-refractivity contribution in [2.75, 3.05) is 14.2 Å². The van der Waals surface area contributed by atoms with Crippen LogP contribution in [0, 0.1) is 11.3 Å². The van der Waals surface area contributed by atoms with E-state index in [1.807, 2.05) is 6.07 Å². The number of carbonyl (C=O) groups excluding carboxylic acids is 1. The van der Waals surface area contributed by atoms with Crippen LogP contribution in [0.4, 0.5) is 0 Å². The second-order valence-electron chi connectivity index (χ2n) is 2.38. The topological polar surface area (TPSA) is 72.2 Å². The lowest BCUT2D eigenvalue weighted by molar-refractivity contribution is 0.0596. The van der Waals surface area contributed by atoms with Crippen LogP contribution < -0.4 is 4.74 Å². The number of rotatable bonds is 2. The van der Waals surface area contributed by atoms with Crippen molar-refractivity contribution in [2.24, 2.45) is 0 Å². The number of pyridine rings is 1. The van der Waals surface area contributed by atoms with Crippen LogP contribution in [0.25, 0.3) is 0 Å². The number of aromatic nitrogens is 1. The second-order valence-corrected chi connectivity index (χ2v) is 2.38. The SMILES string of the molecule is COC(=O)c1cc(C#N)cnc1OC. The van der Waals surface area contributed by atoms with Crippen molar-refractivity contribution in [3.05, 3.63) is 23.4 Å². The molecule has 1 aromatic heterocycles. The number of nitriles is 1. The van der Waals surface area contributed by atoms with E-state index in [4.69, 9.17) is 10.00 Å². The van der Waals surface area contributed by atoms with Crippen LogP contribution in [0.5, 0.6) is 5.88 Å². The minimum absolute atomic E-state index is 0.147. The molecule has 0 radical (unpaired) electrons. The van der Waals surface area contributed by atoms with Crippen LogP contribution in [0.2, 0.25) is 0 Å². The fourth-order valence-electron chi connectivity index (χ4n) is 0.932. The molecule has 72 valence electrons. The van der Waals surface area contributed by atoms with E-state index in [0.717, 1.165) is 0 Å². The fraction of sp³-hybridized carbons (Fsp3) is 0.222. The van der Waals surface area contributed by atoms with E-state index in [1.165, 1.54) is 26.5 Å². The van der Waals surface area contributed by atoms with E-state index in [0.29, 0.717) is 0 Å². The zero-order valence-corrected chi connectivity index (χ0v) is 7.77. The van der Waals surface area contributed by atoms with Gasteiger partial charge in [0, 0.05) is 6.20 Å². The van der Waals surface area contributed by atoms with Gasteiger partial charge in [-0.3, -0.25) is 0 Å². The zero-order valence-electron chi connectivity index (χ0n) is 7.77. The Morgan fingerprint density at radius 3 is 2.79 bits per heavy atom. The normalized spacial score (nSPS) is 8.93. The van der Waals surface area contributed by atoms with Gasteiger partial charge in [-0.1, -0.05) is 0 Å². The maximum absolute atomic E-state index is 11.2. The first-order chi connectivity index (χ1) is 6.72. The Balaban J connectivity index is 3.23. The lowest BCUT2D eigenvalue weighted by atomic mass is 10.2. The van der Waals surface area contributed by atoms with Crippen LogP contribution in [0.3, 0.4) is 0 Å². The highest BCUT2D eigenvalue weighted by Gasteiger charge is 2.14. The Bertz CT molecular complexity index is 396. The van der Waals surface area contributed by atoms with Crippen LogP contribution in [-0.2, 0) is 4.74 Å². The summed E-state index contributed by atoms with van der Waals surface area (Å²) < 4.78 is 9.36. The molecule has 5 nitrogen and oxygen atoms in total. The fourth-order valence-corrected chi connectivity index (χ4v) is 0.932. The highest BCUT2D eigenvalue weighted by Crippen LogP contribution is 2.16. The number of methoxy groups -OCH3 is 2. The number of ether oxygens (including phenoxy) is 2. The zero-order chi connectivity index (χ0) is 10.6. The summed E-state index contributed by atoms with van der Waals surface area (Å²) >= 11 is 0. The Labute approximate surface area is 80.9 Å². The highest BCUT2D eigenvalue weighted by molar-refractivity contribution is 5.92.